The fourth-order valence-electron chi connectivity index (χ4n) is 9.10. The second-order valence-electron chi connectivity index (χ2n) is 28.7. The van der Waals surface area contributed by atoms with Gasteiger partial charge in [0.15, 0.2) is 0 Å². The minimum absolute atomic E-state index is 0.0433. The van der Waals surface area contributed by atoms with Gasteiger partial charge in [0.25, 0.3) is 0 Å². The van der Waals surface area contributed by atoms with Gasteiger partial charge in [0.2, 0.25) is 0 Å². The van der Waals surface area contributed by atoms with Crippen LogP contribution in [0.25, 0.3) is 22.3 Å². The molecule has 0 aromatic heterocycles. The van der Waals surface area contributed by atoms with Crippen LogP contribution < -0.4 is 0 Å². The van der Waals surface area contributed by atoms with Gasteiger partial charge in [-0.3, -0.25) is 0 Å². The summed E-state index contributed by atoms with van der Waals surface area (Å²) in [5, 5.41) is 0. The fraction of sp³-hybridized carbons (Fsp3) is 0.515. The first-order valence-corrected chi connectivity index (χ1v) is 37.4. The topological polar surface area (TPSA) is 0 Å². The Morgan fingerprint density at radius 1 is 0.221 bits per heavy atom. The normalized spacial score (nSPS) is 16.4. The van der Waals surface area contributed by atoms with Crippen molar-refractivity contribution in [3.05, 3.63) is 164 Å². The molecule has 68 heavy (non-hydrogen) atoms. The molecule has 2 aliphatic carbocycles. The van der Waals surface area contributed by atoms with E-state index in [0.29, 0.717) is 7.73 Å². The zero-order valence-corrected chi connectivity index (χ0v) is 52.4. The number of rotatable bonds is 6. The second-order valence-corrected chi connectivity index (χ2v) is 41.8. The summed E-state index contributed by atoms with van der Waals surface area (Å²) < 4.78 is 0.880. The fourth-order valence-corrected chi connectivity index (χ4v) is 28.6. The van der Waals surface area contributed by atoms with Crippen molar-refractivity contribution in [2.24, 2.45) is 0 Å². The Balaban J connectivity index is 1.65. The molecule has 4 aromatic carbocycles. The van der Waals surface area contributed by atoms with Gasteiger partial charge in [-0.1, -0.05) is 0 Å². The summed E-state index contributed by atoms with van der Waals surface area (Å²) in [4.78, 5) is 0. The average Bonchev–Trinajstić information content (AvgIpc) is 3.81. The van der Waals surface area contributed by atoms with E-state index in [0.717, 1.165) is 0 Å². The van der Waals surface area contributed by atoms with Crippen molar-refractivity contribution >= 4 is 56.0 Å². The first-order valence-electron chi connectivity index (χ1n) is 25.6. The molecule has 4 aromatic rings. The van der Waals surface area contributed by atoms with Crippen LogP contribution in [-0.4, -0.2) is 33.7 Å². The van der Waals surface area contributed by atoms with Gasteiger partial charge in [0, 0.05) is 0 Å². The monoisotopic (exact) mass is 1120 g/mol. The zero-order chi connectivity index (χ0) is 51.1. The van der Waals surface area contributed by atoms with Crippen LogP contribution in [0.3, 0.4) is 0 Å². The predicted molar refractivity (Wildman–Crippen MR) is 306 cm³/mol. The molecule has 2 aliphatic rings. The maximum absolute atomic E-state index is 2.57. The number of allylic oxidation sites excluding steroid dienone is 8. The molecular weight excluding hydrogens is 1040 g/mol. The molecule has 0 saturated carbocycles. The number of benzene rings is 4. The van der Waals surface area contributed by atoms with Crippen LogP contribution in [0.2, 0.25) is 7.73 Å². The van der Waals surface area contributed by atoms with E-state index in [2.05, 4.69) is 263 Å². The third-order valence-corrected chi connectivity index (χ3v) is 30.6. The number of hydrogen-bond donors (Lipinski definition) is 0. The standard InChI is InChI=1S/2C33H45.2Sb/c2*1-30(2,3)26-16-24(17-27(20-26)31(4,5)6)22-13-14-23(15-22)25-18-28(32(7,8)9)21-29(19-25)33(10,11)12;;/h2*13-21H,1-12H3;;. The molecule has 6 rings (SSSR count). The quantitative estimate of drug-likeness (QED) is 0.169. The van der Waals surface area contributed by atoms with E-state index in [1.165, 1.54) is 66.8 Å². The van der Waals surface area contributed by atoms with Crippen LogP contribution in [0.1, 0.15) is 233 Å². The van der Waals surface area contributed by atoms with Crippen LogP contribution in [0.15, 0.2) is 97.1 Å². The van der Waals surface area contributed by atoms with Crippen molar-refractivity contribution in [3.63, 3.8) is 0 Å². The van der Waals surface area contributed by atoms with Gasteiger partial charge in [-0.05, 0) is 0 Å². The molecule has 2 heteroatoms. The Labute approximate surface area is 433 Å². The summed E-state index contributed by atoms with van der Waals surface area (Å²) in [7, 11) is 0. The molecule has 0 bridgehead atoms. The molecule has 0 spiro atoms. The van der Waals surface area contributed by atoms with E-state index in [1.54, 1.807) is 22.3 Å². The van der Waals surface area contributed by atoms with Crippen molar-refractivity contribution in [3.8, 4) is 0 Å². The molecule has 0 N–H and O–H groups in total. The van der Waals surface area contributed by atoms with Gasteiger partial charge in [0.1, 0.15) is 0 Å². The van der Waals surface area contributed by atoms with Crippen LogP contribution >= 0.6 is 0 Å². The SMILES string of the molecule is CC(C)(C)c1cc(C2=CC=C(c3cc(C(C)(C)C)cc(C(C)(C)C)c3)[CH]2[Sb]=[Sb][CH]2C(c3cc(C(C)(C)C)cc(C(C)(C)C)c3)=CC=C2c2cc(C(C)(C)C)cc(C(C)(C)C)c2)cc(C(C)(C)C)c1. The summed E-state index contributed by atoms with van der Waals surface area (Å²) >= 11 is -1.70. The van der Waals surface area contributed by atoms with Gasteiger partial charge in [-0.2, -0.15) is 0 Å². The van der Waals surface area contributed by atoms with Crippen LogP contribution in [0.4, 0.5) is 0 Å². The molecule has 0 unspecified atom stereocenters. The zero-order valence-electron chi connectivity index (χ0n) is 47.3. The molecule has 0 fully saturated rings. The van der Waals surface area contributed by atoms with E-state index < -0.39 is 33.7 Å². The second kappa shape index (κ2) is 18.8. The molecule has 0 aliphatic heterocycles. The Kier molecular flexibility index (Phi) is 15.2. The summed E-state index contributed by atoms with van der Waals surface area (Å²) in [6.07, 6.45) is 10.3. The summed E-state index contributed by atoms with van der Waals surface area (Å²) in [6.45, 7) is 57.3. The van der Waals surface area contributed by atoms with E-state index in [9.17, 15) is 0 Å². The molecule has 0 saturated heterocycles. The Bertz CT molecular complexity index is 2210. The Morgan fingerprint density at radius 3 is 0.471 bits per heavy atom. The third-order valence-electron chi connectivity index (χ3n) is 14.4. The average molecular weight is 1130 g/mol. The van der Waals surface area contributed by atoms with Gasteiger partial charge in [0.05, 0.1) is 0 Å². The van der Waals surface area contributed by atoms with E-state index in [4.69, 9.17) is 0 Å². The molecule has 0 amide bonds. The van der Waals surface area contributed by atoms with Crippen molar-refractivity contribution in [1.29, 1.82) is 0 Å². The molecule has 0 heterocycles. The van der Waals surface area contributed by atoms with Crippen LogP contribution in [-0.2, 0) is 43.3 Å². The summed E-state index contributed by atoms with van der Waals surface area (Å²) in [5.74, 6) is 0. The maximum atomic E-state index is 2.57. The van der Waals surface area contributed by atoms with Crippen LogP contribution in [0, 0.1) is 0 Å². The van der Waals surface area contributed by atoms with Crippen LogP contribution in [0.5, 0.6) is 0 Å². The summed E-state index contributed by atoms with van der Waals surface area (Å²) in [5.41, 5.74) is 23.8. The van der Waals surface area contributed by atoms with E-state index in [-0.39, 0.29) is 43.3 Å². The summed E-state index contributed by atoms with van der Waals surface area (Å²) in [6, 6.07) is 30.6. The van der Waals surface area contributed by atoms with Gasteiger partial charge >= 0.3 is 437 Å². The van der Waals surface area contributed by atoms with Gasteiger partial charge in [-0.25, -0.2) is 0 Å². The Morgan fingerprint density at radius 2 is 0.353 bits per heavy atom. The van der Waals surface area contributed by atoms with Crippen molar-refractivity contribution in [1.82, 2.24) is 0 Å². The predicted octanol–water partition coefficient (Wildman–Crippen LogP) is 18.6. The van der Waals surface area contributed by atoms with Crippen molar-refractivity contribution < 1.29 is 0 Å². The van der Waals surface area contributed by atoms with Gasteiger partial charge in [-0.15, -0.1) is 0 Å². The van der Waals surface area contributed by atoms with Crippen molar-refractivity contribution in [2.45, 2.75) is 217 Å². The first kappa shape index (κ1) is 54.8. The Hall–Kier alpha value is -2.52. The van der Waals surface area contributed by atoms with E-state index >= 15 is 0 Å². The van der Waals surface area contributed by atoms with Crippen molar-refractivity contribution in [2.75, 3.05) is 0 Å². The van der Waals surface area contributed by atoms with E-state index in [1.807, 2.05) is 0 Å². The molecule has 0 nitrogen and oxygen atoms in total. The molecule has 364 valence electrons. The molecule has 0 atom stereocenters. The third kappa shape index (κ3) is 12.6. The minimum atomic E-state index is -0.850. The molecular formula is C66H90Sb2. The van der Waals surface area contributed by atoms with Gasteiger partial charge < -0.3 is 0 Å². The molecule has 0 radical (unpaired) electrons. The first-order chi connectivity index (χ1) is 30.7. The number of hydrogen-bond acceptors (Lipinski definition) is 0.